The van der Waals surface area contributed by atoms with Gasteiger partial charge in [0.25, 0.3) is 0 Å². The SMILES string of the molecule is CCCNCc1cc(Cl)c(OCc2ccccc2Cl)c(OCC)c1. The molecular formula is C19H23Cl2NO2. The minimum absolute atomic E-state index is 0.340. The number of halogens is 2. The Labute approximate surface area is 153 Å². The van der Waals surface area contributed by atoms with Crippen LogP contribution in [-0.4, -0.2) is 13.2 Å². The molecule has 1 N–H and O–H groups in total. The van der Waals surface area contributed by atoms with Crippen molar-refractivity contribution >= 4 is 23.2 Å². The highest BCUT2D eigenvalue weighted by Crippen LogP contribution is 2.37. The third kappa shape index (κ3) is 5.30. The molecule has 0 aliphatic heterocycles. The van der Waals surface area contributed by atoms with Gasteiger partial charge in [0.15, 0.2) is 11.5 Å². The van der Waals surface area contributed by atoms with E-state index in [4.69, 9.17) is 32.7 Å². The molecule has 0 aromatic heterocycles. The third-order valence-corrected chi connectivity index (χ3v) is 4.10. The van der Waals surface area contributed by atoms with Crippen molar-refractivity contribution in [3.8, 4) is 11.5 Å². The van der Waals surface area contributed by atoms with Gasteiger partial charge < -0.3 is 14.8 Å². The summed E-state index contributed by atoms with van der Waals surface area (Å²) in [5.41, 5.74) is 1.98. The van der Waals surface area contributed by atoms with Gasteiger partial charge in [-0.1, -0.05) is 48.3 Å². The van der Waals surface area contributed by atoms with E-state index in [0.29, 0.717) is 34.8 Å². The summed E-state index contributed by atoms with van der Waals surface area (Å²) in [6, 6.07) is 11.5. The van der Waals surface area contributed by atoms with Gasteiger partial charge in [-0.15, -0.1) is 0 Å². The van der Waals surface area contributed by atoms with E-state index in [0.717, 1.165) is 30.6 Å². The smallest absolute Gasteiger partial charge is 0.180 e. The van der Waals surface area contributed by atoms with E-state index in [9.17, 15) is 0 Å². The third-order valence-electron chi connectivity index (χ3n) is 3.45. The van der Waals surface area contributed by atoms with E-state index in [1.54, 1.807) is 0 Å². The quantitative estimate of drug-likeness (QED) is 0.596. The molecule has 0 atom stereocenters. The summed E-state index contributed by atoms with van der Waals surface area (Å²) in [6.45, 7) is 6.67. The van der Waals surface area contributed by atoms with Crippen molar-refractivity contribution in [2.45, 2.75) is 33.4 Å². The molecule has 0 bridgehead atoms. The maximum atomic E-state index is 6.42. The van der Waals surface area contributed by atoms with Gasteiger partial charge in [-0.25, -0.2) is 0 Å². The Bertz CT molecular complexity index is 662. The van der Waals surface area contributed by atoms with Crippen LogP contribution in [0.5, 0.6) is 11.5 Å². The summed E-state index contributed by atoms with van der Waals surface area (Å²) in [7, 11) is 0. The number of rotatable bonds is 9. The molecule has 2 aromatic carbocycles. The zero-order valence-electron chi connectivity index (χ0n) is 14.1. The van der Waals surface area contributed by atoms with Crippen molar-refractivity contribution in [1.29, 1.82) is 0 Å². The van der Waals surface area contributed by atoms with Crippen LogP contribution in [0.4, 0.5) is 0 Å². The Hall–Kier alpha value is -1.42. The molecule has 24 heavy (non-hydrogen) atoms. The summed E-state index contributed by atoms with van der Waals surface area (Å²) in [5.74, 6) is 1.21. The average Bonchev–Trinajstić information content (AvgIpc) is 2.56. The molecule has 0 aliphatic carbocycles. The molecule has 0 unspecified atom stereocenters. The summed E-state index contributed by atoms with van der Waals surface area (Å²) in [5, 5.41) is 4.58. The van der Waals surface area contributed by atoms with Gasteiger partial charge >= 0.3 is 0 Å². The lowest BCUT2D eigenvalue weighted by atomic mass is 10.2. The molecule has 0 heterocycles. The molecule has 0 aliphatic rings. The first-order valence-electron chi connectivity index (χ1n) is 8.17. The van der Waals surface area contributed by atoms with Gasteiger partial charge in [0.2, 0.25) is 0 Å². The van der Waals surface area contributed by atoms with Crippen LogP contribution in [-0.2, 0) is 13.2 Å². The second-order valence-electron chi connectivity index (χ2n) is 5.39. The van der Waals surface area contributed by atoms with E-state index in [1.807, 2.05) is 43.3 Å². The molecule has 0 saturated heterocycles. The van der Waals surface area contributed by atoms with Crippen LogP contribution < -0.4 is 14.8 Å². The number of nitrogens with one attached hydrogen (secondary N) is 1. The lowest BCUT2D eigenvalue weighted by molar-refractivity contribution is 0.269. The first kappa shape index (κ1) is 18.9. The molecule has 0 radical (unpaired) electrons. The summed E-state index contributed by atoms with van der Waals surface area (Å²) in [6.07, 6.45) is 1.09. The van der Waals surface area contributed by atoms with Crippen LogP contribution in [0, 0.1) is 0 Å². The Balaban J connectivity index is 2.16. The molecule has 2 rings (SSSR count). The van der Waals surface area contributed by atoms with E-state index in [-0.39, 0.29) is 0 Å². The van der Waals surface area contributed by atoms with Crippen LogP contribution in [0.15, 0.2) is 36.4 Å². The van der Waals surface area contributed by atoms with Crippen molar-refractivity contribution in [2.75, 3.05) is 13.2 Å². The van der Waals surface area contributed by atoms with Gasteiger partial charge in [0, 0.05) is 17.1 Å². The van der Waals surface area contributed by atoms with Gasteiger partial charge in [-0.3, -0.25) is 0 Å². The zero-order chi connectivity index (χ0) is 17.4. The van der Waals surface area contributed by atoms with Crippen molar-refractivity contribution in [1.82, 2.24) is 5.32 Å². The molecule has 5 heteroatoms. The predicted molar refractivity (Wildman–Crippen MR) is 100 cm³/mol. The van der Waals surface area contributed by atoms with Gasteiger partial charge in [0.05, 0.1) is 11.6 Å². The standard InChI is InChI=1S/C19H23Cl2NO2/c1-3-9-22-12-14-10-17(21)19(18(11-14)23-4-2)24-13-15-7-5-6-8-16(15)20/h5-8,10-11,22H,3-4,9,12-13H2,1-2H3. The van der Waals surface area contributed by atoms with Crippen molar-refractivity contribution in [3.63, 3.8) is 0 Å². The van der Waals surface area contributed by atoms with E-state index >= 15 is 0 Å². The highest BCUT2D eigenvalue weighted by atomic mass is 35.5. The number of benzene rings is 2. The van der Waals surface area contributed by atoms with E-state index in [2.05, 4.69) is 12.2 Å². The lowest BCUT2D eigenvalue weighted by Gasteiger charge is -2.16. The highest BCUT2D eigenvalue weighted by molar-refractivity contribution is 6.32. The maximum Gasteiger partial charge on any atom is 0.180 e. The van der Waals surface area contributed by atoms with Crippen LogP contribution in [0.3, 0.4) is 0 Å². The Morgan fingerprint density at radius 2 is 1.79 bits per heavy atom. The average molecular weight is 368 g/mol. The fraction of sp³-hybridized carbons (Fsp3) is 0.368. The fourth-order valence-electron chi connectivity index (χ4n) is 2.30. The monoisotopic (exact) mass is 367 g/mol. The molecular weight excluding hydrogens is 345 g/mol. The number of hydrogen-bond donors (Lipinski definition) is 1. The van der Waals surface area contributed by atoms with Gasteiger partial charge in [0.1, 0.15) is 6.61 Å². The van der Waals surface area contributed by atoms with Crippen LogP contribution in [0.2, 0.25) is 10.0 Å². The van der Waals surface area contributed by atoms with Crippen LogP contribution in [0.25, 0.3) is 0 Å². The topological polar surface area (TPSA) is 30.5 Å². The number of hydrogen-bond acceptors (Lipinski definition) is 3. The number of ether oxygens (including phenoxy) is 2. The first-order chi connectivity index (χ1) is 11.7. The highest BCUT2D eigenvalue weighted by Gasteiger charge is 2.13. The maximum absolute atomic E-state index is 6.42. The Morgan fingerprint density at radius 3 is 2.50 bits per heavy atom. The second-order valence-corrected chi connectivity index (χ2v) is 6.21. The largest absolute Gasteiger partial charge is 0.490 e. The second kappa shape index (κ2) is 9.77. The molecule has 3 nitrogen and oxygen atoms in total. The summed E-state index contributed by atoms with van der Waals surface area (Å²) >= 11 is 12.6. The molecule has 0 fully saturated rings. The minimum atomic E-state index is 0.340. The Kier molecular flexibility index (Phi) is 7.70. The van der Waals surface area contributed by atoms with Gasteiger partial charge in [-0.05, 0) is 43.7 Å². The van der Waals surface area contributed by atoms with Crippen molar-refractivity contribution in [2.24, 2.45) is 0 Å². The lowest BCUT2D eigenvalue weighted by Crippen LogP contribution is -2.14. The Morgan fingerprint density at radius 1 is 1.00 bits per heavy atom. The van der Waals surface area contributed by atoms with E-state index in [1.165, 1.54) is 0 Å². The molecule has 0 saturated carbocycles. The normalized spacial score (nSPS) is 10.7. The van der Waals surface area contributed by atoms with E-state index < -0.39 is 0 Å². The molecule has 2 aromatic rings. The minimum Gasteiger partial charge on any atom is -0.490 e. The molecule has 0 amide bonds. The van der Waals surface area contributed by atoms with Gasteiger partial charge in [-0.2, -0.15) is 0 Å². The van der Waals surface area contributed by atoms with Crippen LogP contribution >= 0.6 is 23.2 Å². The molecule has 130 valence electrons. The fourth-order valence-corrected chi connectivity index (χ4v) is 2.78. The van der Waals surface area contributed by atoms with Crippen LogP contribution in [0.1, 0.15) is 31.4 Å². The summed E-state index contributed by atoms with van der Waals surface area (Å²) < 4.78 is 11.6. The first-order valence-corrected chi connectivity index (χ1v) is 8.93. The van der Waals surface area contributed by atoms with Crippen molar-refractivity contribution in [3.05, 3.63) is 57.6 Å². The molecule has 0 spiro atoms. The van der Waals surface area contributed by atoms with Crippen molar-refractivity contribution < 1.29 is 9.47 Å². The predicted octanol–water partition coefficient (Wildman–Crippen LogP) is 5.47. The zero-order valence-corrected chi connectivity index (χ0v) is 15.6. The summed E-state index contributed by atoms with van der Waals surface area (Å²) in [4.78, 5) is 0.